The van der Waals surface area contributed by atoms with Gasteiger partial charge in [-0.15, -0.1) is 0 Å². The quantitative estimate of drug-likeness (QED) is 0.434. The van der Waals surface area contributed by atoms with Crippen LogP contribution in [0.1, 0.15) is 33.6 Å². The van der Waals surface area contributed by atoms with Gasteiger partial charge in [-0.25, -0.2) is 9.97 Å². The van der Waals surface area contributed by atoms with Gasteiger partial charge in [-0.3, -0.25) is 19.2 Å². The van der Waals surface area contributed by atoms with E-state index in [4.69, 9.17) is 9.97 Å². The van der Waals surface area contributed by atoms with E-state index in [-0.39, 0.29) is 44.4 Å². The number of allylic oxidation sites excluding steroid dienone is 4. The van der Waals surface area contributed by atoms with Crippen molar-refractivity contribution in [1.29, 1.82) is 0 Å². The number of benzene rings is 2. The zero-order valence-corrected chi connectivity index (χ0v) is 18.2. The van der Waals surface area contributed by atoms with Crippen molar-refractivity contribution in [3.63, 3.8) is 0 Å². The third-order valence-electron chi connectivity index (χ3n) is 6.81. The summed E-state index contributed by atoms with van der Waals surface area (Å²) in [5.41, 5.74) is 3.10. The monoisotopic (exact) mass is 457 g/mol. The number of nitrogens with one attached hydrogen (secondary N) is 1. The van der Waals surface area contributed by atoms with Gasteiger partial charge in [-0.2, -0.15) is 0 Å². The molecule has 2 heterocycles. The van der Waals surface area contributed by atoms with Gasteiger partial charge in [0.25, 0.3) is 0 Å². The molecule has 2 aromatic heterocycles. The molecule has 7 heteroatoms. The fraction of sp³-hybridized carbons (Fsp3) is 0.0714. The average molecular weight is 457 g/mol. The van der Waals surface area contributed by atoms with Gasteiger partial charge >= 0.3 is 0 Å². The molecule has 0 amide bonds. The summed E-state index contributed by atoms with van der Waals surface area (Å²) in [5.74, 6) is -1.59. The number of aromatic amines is 1. The van der Waals surface area contributed by atoms with Crippen LogP contribution in [0, 0.1) is 0 Å². The molecule has 0 spiro atoms. The van der Waals surface area contributed by atoms with Crippen LogP contribution in [-0.4, -0.2) is 38.1 Å². The normalized spacial score (nSPS) is 18.9. The third-order valence-corrected chi connectivity index (χ3v) is 6.81. The summed E-state index contributed by atoms with van der Waals surface area (Å²) in [6.45, 7) is 0. The molecule has 7 nitrogen and oxygen atoms in total. The summed E-state index contributed by atoms with van der Waals surface area (Å²) in [5, 5.41) is 0.364. The molecular formula is C28H15N3O4. The van der Waals surface area contributed by atoms with Gasteiger partial charge in [0, 0.05) is 22.3 Å². The van der Waals surface area contributed by atoms with E-state index < -0.39 is 11.6 Å². The van der Waals surface area contributed by atoms with E-state index in [9.17, 15) is 19.2 Å². The molecule has 3 aliphatic rings. The zero-order chi connectivity index (χ0) is 23.8. The van der Waals surface area contributed by atoms with Crippen molar-refractivity contribution >= 4 is 56.3 Å². The van der Waals surface area contributed by atoms with E-state index in [0.29, 0.717) is 46.1 Å². The summed E-state index contributed by atoms with van der Waals surface area (Å²) >= 11 is 0. The highest BCUT2D eigenvalue weighted by Crippen LogP contribution is 2.32. The highest BCUT2D eigenvalue weighted by atomic mass is 16.2. The Balaban J connectivity index is 1.65. The van der Waals surface area contributed by atoms with Crippen molar-refractivity contribution in [2.75, 3.05) is 0 Å². The van der Waals surface area contributed by atoms with Crippen LogP contribution < -0.4 is 10.7 Å². The molecular weight excluding hydrogens is 442 g/mol. The van der Waals surface area contributed by atoms with E-state index in [1.54, 1.807) is 42.5 Å². The maximum Gasteiger partial charge on any atom is 0.199 e. The topological polar surface area (TPSA) is 110 Å². The minimum absolute atomic E-state index is 0.0293. The molecule has 35 heavy (non-hydrogen) atoms. The van der Waals surface area contributed by atoms with Gasteiger partial charge < -0.3 is 4.98 Å². The Hall–Kier alpha value is -4.78. The molecule has 0 aliphatic heterocycles. The first-order chi connectivity index (χ1) is 17.0. The first-order valence-electron chi connectivity index (χ1n) is 11.2. The number of carbonyl (C=O) groups is 4. The Morgan fingerprint density at radius 1 is 0.657 bits per heavy atom. The summed E-state index contributed by atoms with van der Waals surface area (Å²) in [6.07, 6.45) is 4.74. The van der Waals surface area contributed by atoms with Gasteiger partial charge in [0.05, 0.1) is 32.9 Å². The van der Waals surface area contributed by atoms with Gasteiger partial charge in [0.2, 0.25) is 0 Å². The third kappa shape index (κ3) is 2.55. The van der Waals surface area contributed by atoms with E-state index in [0.717, 1.165) is 0 Å². The van der Waals surface area contributed by atoms with Crippen molar-refractivity contribution in [3.05, 3.63) is 93.7 Å². The minimum Gasteiger partial charge on any atom is -0.350 e. The molecule has 0 radical (unpaired) electrons. The Morgan fingerprint density at radius 3 is 1.77 bits per heavy atom. The summed E-state index contributed by atoms with van der Waals surface area (Å²) < 4.78 is 0. The lowest BCUT2D eigenvalue weighted by atomic mass is 10.00. The molecule has 0 saturated carbocycles. The van der Waals surface area contributed by atoms with Crippen LogP contribution in [0.25, 0.3) is 33.2 Å². The van der Waals surface area contributed by atoms with E-state index in [1.807, 2.05) is 18.2 Å². The fourth-order valence-electron chi connectivity index (χ4n) is 5.16. The Morgan fingerprint density at radius 2 is 1.20 bits per heavy atom. The lowest BCUT2D eigenvalue weighted by Gasteiger charge is -2.03. The summed E-state index contributed by atoms with van der Waals surface area (Å²) in [6, 6.07) is 13.8. The van der Waals surface area contributed by atoms with E-state index in [1.165, 1.54) is 0 Å². The predicted octanol–water partition coefficient (Wildman–Crippen LogP) is 2.29. The zero-order valence-electron chi connectivity index (χ0n) is 18.2. The molecule has 2 aromatic carbocycles. The van der Waals surface area contributed by atoms with Gasteiger partial charge in [0.15, 0.2) is 23.1 Å². The number of ketones is 4. The number of nitrogens with zero attached hydrogens (tertiary/aromatic N) is 2. The Kier molecular flexibility index (Phi) is 3.86. The average Bonchev–Trinajstić information content (AvgIpc) is 3.45. The van der Waals surface area contributed by atoms with Crippen LogP contribution in [0.5, 0.6) is 0 Å². The van der Waals surface area contributed by atoms with Crippen molar-refractivity contribution in [2.45, 2.75) is 12.8 Å². The van der Waals surface area contributed by atoms with E-state index >= 15 is 0 Å². The molecule has 4 aromatic rings. The summed E-state index contributed by atoms with van der Waals surface area (Å²) in [4.78, 5) is 65.7. The lowest BCUT2D eigenvalue weighted by Crippen LogP contribution is -2.23. The number of aromatic nitrogens is 3. The van der Waals surface area contributed by atoms with Crippen molar-refractivity contribution < 1.29 is 19.2 Å². The lowest BCUT2D eigenvalue weighted by molar-refractivity contribution is -0.113. The van der Waals surface area contributed by atoms with Crippen LogP contribution in [-0.2, 0) is 9.59 Å². The van der Waals surface area contributed by atoms with Crippen LogP contribution >= 0.6 is 0 Å². The predicted molar refractivity (Wildman–Crippen MR) is 128 cm³/mol. The van der Waals surface area contributed by atoms with Crippen molar-refractivity contribution in [2.24, 2.45) is 0 Å². The van der Waals surface area contributed by atoms with Gasteiger partial charge in [-0.1, -0.05) is 48.6 Å². The van der Waals surface area contributed by atoms with Crippen molar-refractivity contribution in [1.82, 2.24) is 15.0 Å². The molecule has 3 aliphatic carbocycles. The number of carbonyl (C=O) groups excluding carboxylic acids is 4. The van der Waals surface area contributed by atoms with Crippen LogP contribution in [0.2, 0.25) is 0 Å². The molecule has 0 bridgehead atoms. The smallest absolute Gasteiger partial charge is 0.199 e. The number of fused-ring (bicyclic) bond motifs is 3. The molecule has 166 valence electrons. The largest absolute Gasteiger partial charge is 0.350 e. The first-order valence-corrected chi connectivity index (χ1v) is 11.2. The number of Topliss-reactive ketones (excluding diaryl/α,β-unsaturated/α-hetero) is 4. The minimum atomic E-state index is -0.426. The molecule has 1 N–H and O–H groups in total. The standard InChI is InChI=1S/C28H15N3O4/c32-25-13-7-1-2-8-14(13)26(33)19(25)21-23-24(30-18-12-6-5-11-17(18)29-23)22(31-21)20-27(34)15-9-3-4-10-16(15)28(20)35/h1-3,5-9,11-12,31H,4,10H2/b22-20-. The molecule has 7 rings (SSSR count). The van der Waals surface area contributed by atoms with Gasteiger partial charge in [0.1, 0.15) is 11.0 Å². The van der Waals surface area contributed by atoms with Crippen LogP contribution in [0.3, 0.4) is 0 Å². The number of hydrogen-bond donors (Lipinski definition) is 1. The maximum atomic E-state index is 13.3. The van der Waals surface area contributed by atoms with Gasteiger partial charge in [-0.05, 0) is 25.0 Å². The second kappa shape index (κ2) is 6.87. The Bertz CT molecular complexity index is 1880. The van der Waals surface area contributed by atoms with Crippen LogP contribution in [0.4, 0.5) is 0 Å². The molecule has 0 fully saturated rings. The van der Waals surface area contributed by atoms with Crippen molar-refractivity contribution in [3.8, 4) is 0 Å². The number of para-hydroxylation sites is 2. The number of rotatable bonds is 0. The fourth-order valence-corrected chi connectivity index (χ4v) is 5.16. The number of hydrogen-bond acceptors (Lipinski definition) is 6. The highest BCUT2D eigenvalue weighted by Gasteiger charge is 2.38. The maximum absolute atomic E-state index is 13.3. The second-order valence-electron chi connectivity index (χ2n) is 8.73. The molecule has 0 unspecified atom stereocenters. The highest BCUT2D eigenvalue weighted by molar-refractivity contribution is 6.57. The summed E-state index contributed by atoms with van der Waals surface area (Å²) in [7, 11) is 0. The van der Waals surface area contributed by atoms with E-state index in [2.05, 4.69) is 4.98 Å². The van der Waals surface area contributed by atoms with Crippen LogP contribution in [0.15, 0.2) is 71.8 Å². The first kappa shape index (κ1) is 19.7. The molecule has 0 saturated heterocycles. The molecule has 0 atom stereocenters. The Labute approximate surface area is 197 Å². The second-order valence-corrected chi connectivity index (χ2v) is 8.73. The SMILES string of the molecule is O=C1C2=C(CCC=C2)C(=O)/C1=c1\[nH]c(=C2C(=O)c3ccccc3C2=O)c2nc3ccccc3nc12. The number of H-pyrrole nitrogens is 1.